The Bertz CT molecular complexity index is 997. The number of fused-ring (bicyclic) bond motifs is 1. The van der Waals surface area contributed by atoms with Crippen molar-refractivity contribution in [3.05, 3.63) is 63.1 Å². The first kappa shape index (κ1) is 22.2. The monoisotopic (exact) mass is 461 g/mol. The summed E-state index contributed by atoms with van der Waals surface area (Å²) in [6.45, 7) is 2.82. The first-order valence-electron chi connectivity index (χ1n) is 10.4. The highest BCUT2D eigenvalue weighted by Crippen LogP contribution is 2.34. The Hall–Kier alpha value is -2.05. The van der Waals surface area contributed by atoms with E-state index in [-0.39, 0.29) is 12.5 Å². The molecule has 1 N–H and O–H groups in total. The Balaban J connectivity index is 1.40. The van der Waals surface area contributed by atoms with Gasteiger partial charge in [0, 0.05) is 35.7 Å². The number of carbonyl (C=O) groups excluding carboxylic acids is 1. The summed E-state index contributed by atoms with van der Waals surface area (Å²) in [5.74, 6) is 0.434. The van der Waals surface area contributed by atoms with Crippen LogP contribution in [0.15, 0.2) is 42.0 Å². The summed E-state index contributed by atoms with van der Waals surface area (Å²) in [6, 6.07) is 12.0. The molecule has 0 unspecified atom stereocenters. The summed E-state index contributed by atoms with van der Waals surface area (Å²) in [4.78, 5) is 12.7. The Labute approximate surface area is 193 Å². The van der Waals surface area contributed by atoms with Gasteiger partial charge in [-0.25, -0.2) is 0 Å². The quantitative estimate of drug-likeness (QED) is 0.625. The summed E-state index contributed by atoms with van der Waals surface area (Å²) in [6.07, 6.45) is 3.98. The van der Waals surface area contributed by atoms with Crippen molar-refractivity contribution in [1.29, 1.82) is 0 Å². The van der Waals surface area contributed by atoms with Gasteiger partial charge in [0.15, 0.2) is 0 Å². The van der Waals surface area contributed by atoms with Crippen molar-refractivity contribution in [1.82, 2.24) is 0 Å². The van der Waals surface area contributed by atoms with Gasteiger partial charge in [0.2, 0.25) is 0 Å². The lowest BCUT2D eigenvalue weighted by molar-refractivity contribution is -0.929. The lowest BCUT2D eigenvalue weighted by atomic mass is 10.0. The number of halogens is 2. The maximum Gasteiger partial charge on any atom is 0.255 e. The smallest absolute Gasteiger partial charge is 0.255 e. The number of nitrogens with zero attached hydrogens (tertiary/aromatic N) is 1. The molecule has 2 heterocycles. The van der Waals surface area contributed by atoms with Crippen LogP contribution in [-0.2, 0) is 16.1 Å². The van der Waals surface area contributed by atoms with E-state index in [1.165, 1.54) is 5.56 Å². The van der Waals surface area contributed by atoms with Gasteiger partial charge in [-0.1, -0.05) is 35.3 Å². The summed E-state index contributed by atoms with van der Waals surface area (Å²) in [7, 11) is 4.55. The minimum atomic E-state index is -0.192. The predicted molar refractivity (Wildman–Crippen MR) is 125 cm³/mol. The highest BCUT2D eigenvalue weighted by atomic mass is 35.5. The molecule has 1 saturated heterocycles. The molecule has 1 fully saturated rings. The van der Waals surface area contributed by atoms with E-state index in [9.17, 15) is 4.79 Å². The van der Waals surface area contributed by atoms with E-state index in [1.807, 2.05) is 12.1 Å². The van der Waals surface area contributed by atoms with Crippen LogP contribution in [0.5, 0.6) is 5.75 Å². The van der Waals surface area contributed by atoms with E-state index >= 15 is 0 Å². The van der Waals surface area contributed by atoms with Gasteiger partial charge in [-0.05, 0) is 24.3 Å². The maximum atomic E-state index is 12.7. The fourth-order valence-corrected chi connectivity index (χ4v) is 4.51. The first-order chi connectivity index (χ1) is 14.8. The minimum absolute atomic E-state index is 0.186. The zero-order valence-corrected chi connectivity index (χ0v) is 19.3. The van der Waals surface area contributed by atoms with Crippen LogP contribution in [0, 0.1) is 0 Å². The van der Waals surface area contributed by atoms with Crippen molar-refractivity contribution < 1.29 is 18.8 Å². The topological polar surface area (TPSA) is 47.6 Å². The highest BCUT2D eigenvalue weighted by Gasteiger charge is 2.30. The number of ether oxygens (including phenoxy) is 2. The largest absolute Gasteiger partial charge is 0.488 e. The van der Waals surface area contributed by atoms with Crippen LogP contribution >= 0.6 is 23.2 Å². The normalized spacial score (nSPS) is 16.8. The van der Waals surface area contributed by atoms with E-state index in [0.717, 1.165) is 48.3 Å². The number of carbonyl (C=O) groups is 1. The van der Waals surface area contributed by atoms with Gasteiger partial charge >= 0.3 is 0 Å². The zero-order valence-electron chi connectivity index (χ0n) is 17.8. The van der Waals surface area contributed by atoms with Crippen LogP contribution in [0.1, 0.15) is 24.0 Å². The number of amides is 1. The number of quaternary nitrogens is 1. The Morgan fingerprint density at radius 1 is 1.10 bits per heavy atom. The van der Waals surface area contributed by atoms with Gasteiger partial charge < -0.3 is 19.3 Å². The molecule has 2 aromatic rings. The summed E-state index contributed by atoms with van der Waals surface area (Å²) < 4.78 is 12.1. The molecule has 2 aliphatic heterocycles. The van der Waals surface area contributed by atoms with Crippen molar-refractivity contribution in [3.63, 3.8) is 0 Å². The Morgan fingerprint density at radius 2 is 1.77 bits per heavy atom. The van der Waals surface area contributed by atoms with Crippen LogP contribution in [0.2, 0.25) is 10.0 Å². The van der Waals surface area contributed by atoms with E-state index in [2.05, 4.69) is 31.5 Å². The first-order valence-corrected chi connectivity index (χ1v) is 11.2. The molecule has 0 aliphatic carbocycles. The van der Waals surface area contributed by atoms with Crippen molar-refractivity contribution in [2.75, 3.05) is 39.2 Å². The van der Waals surface area contributed by atoms with E-state index in [1.54, 1.807) is 18.2 Å². The molecule has 0 atom stereocenters. The lowest BCUT2D eigenvalue weighted by Crippen LogP contribution is -2.50. The van der Waals surface area contributed by atoms with Gasteiger partial charge in [-0.2, -0.15) is 0 Å². The Kier molecular flexibility index (Phi) is 6.58. The molecule has 0 radical (unpaired) electrons. The summed E-state index contributed by atoms with van der Waals surface area (Å²) in [5, 5.41) is 3.82. The van der Waals surface area contributed by atoms with Crippen molar-refractivity contribution in [2.45, 2.75) is 25.4 Å². The second-order valence-electron chi connectivity index (χ2n) is 8.69. The Morgan fingerprint density at radius 3 is 2.48 bits per heavy atom. The third-order valence-electron chi connectivity index (χ3n) is 6.04. The molecule has 31 heavy (non-hydrogen) atoms. The number of nitrogens with one attached hydrogen (secondary N) is 1. The lowest BCUT2D eigenvalue weighted by Gasteiger charge is -2.40. The second kappa shape index (κ2) is 9.21. The molecule has 2 aliphatic rings. The second-order valence-corrected chi connectivity index (χ2v) is 9.51. The highest BCUT2D eigenvalue weighted by molar-refractivity contribution is 6.42. The number of anilines is 1. The maximum absolute atomic E-state index is 12.7. The molecule has 7 heteroatoms. The third kappa shape index (κ3) is 5.24. The number of rotatable bonds is 5. The van der Waals surface area contributed by atoms with Crippen LogP contribution < -0.4 is 10.1 Å². The van der Waals surface area contributed by atoms with Crippen molar-refractivity contribution in [3.8, 4) is 5.75 Å². The molecule has 0 spiro atoms. The van der Waals surface area contributed by atoms with Gasteiger partial charge in [-0.3, -0.25) is 4.79 Å². The molecule has 1 amide bonds. The van der Waals surface area contributed by atoms with E-state index in [0.29, 0.717) is 27.4 Å². The standard InChI is InChI=1S/C24H26Cl2N2O3/c1-28(2,20-7-9-30-10-8-20)14-16-3-5-19(6-4-16)27-24(29)18-11-17-12-21(25)22(26)13-23(17)31-15-18/h3-6,11-13,20H,7-10,14-15H2,1-2H3/p+1. The van der Waals surface area contributed by atoms with Crippen LogP contribution in [0.3, 0.4) is 0 Å². The fraction of sp³-hybridized carbons (Fsp3) is 0.375. The van der Waals surface area contributed by atoms with Crippen LogP contribution in [0.25, 0.3) is 6.08 Å². The molecule has 4 rings (SSSR count). The van der Waals surface area contributed by atoms with Crippen molar-refractivity contribution in [2.24, 2.45) is 0 Å². The van der Waals surface area contributed by atoms with Gasteiger partial charge in [0.25, 0.3) is 5.91 Å². The van der Waals surface area contributed by atoms with Crippen LogP contribution in [-0.4, -0.2) is 50.3 Å². The molecule has 0 bridgehead atoms. The zero-order chi connectivity index (χ0) is 22.0. The molecular weight excluding hydrogens is 435 g/mol. The molecule has 0 aromatic heterocycles. The molecule has 5 nitrogen and oxygen atoms in total. The summed E-state index contributed by atoms with van der Waals surface area (Å²) in [5.41, 5.74) is 3.28. The average molecular weight is 462 g/mol. The SMILES string of the molecule is C[N+](C)(Cc1ccc(NC(=O)C2=Cc3cc(Cl)c(Cl)cc3OC2)cc1)C1CCOCC1. The minimum Gasteiger partial charge on any atom is -0.488 e. The van der Waals surface area contributed by atoms with Crippen molar-refractivity contribution >= 4 is 40.9 Å². The van der Waals surface area contributed by atoms with E-state index < -0.39 is 0 Å². The van der Waals surface area contributed by atoms with E-state index in [4.69, 9.17) is 32.7 Å². The molecule has 0 saturated carbocycles. The predicted octanol–water partition coefficient (Wildman–Crippen LogP) is 5.16. The number of hydrogen-bond acceptors (Lipinski definition) is 3. The molecule has 164 valence electrons. The molecular formula is C24H27Cl2N2O3+. The molecule has 2 aromatic carbocycles. The van der Waals surface area contributed by atoms with Gasteiger partial charge in [0.1, 0.15) is 18.9 Å². The summed E-state index contributed by atoms with van der Waals surface area (Å²) >= 11 is 12.1. The average Bonchev–Trinajstić information content (AvgIpc) is 2.76. The van der Waals surface area contributed by atoms with Crippen LogP contribution in [0.4, 0.5) is 5.69 Å². The fourth-order valence-electron chi connectivity index (χ4n) is 4.19. The number of benzene rings is 2. The third-order valence-corrected chi connectivity index (χ3v) is 6.76. The van der Waals surface area contributed by atoms with Gasteiger partial charge in [-0.15, -0.1) is 0 Å². The number of hydrogen-bond donors (Lipinski definition) is 1. The van der Waals surface area contributed by atoms with Gasteiger partial charge in [0.05, 0.1) is 49.0 Å².